The Hall–Kier alpha value is -2.70. The van der Waals surface area contributed by atoms with Gasteiger partial charge in [0.05, 0.1) is 17.3 Å². The first kappa shape index (κ1) is 17.1. The predicted molar refractivity (Wildman–Crippen MR) is 91.8 cm³/mol. The minimum absolute atomic E-state index is 0.00248. The summed E-state index contributed by atoms with van der Waals surface area (Å²) in [4.78, 5) is 26.0. The molecule has 7 heteroatoms. The molecule has 1 aromatic heterocycles. The first-order chi connectivity index (χ1) is 11.9. The van der Waals surface area contributed by atoms with Crippen LogP contribution in [0, 0.1) is 12.7 Å². The average Bonchev–Trinajstić information content (AvgIpc) is 3.12. The predicted octanol–water partition coefficient (Wildman–Crippen LogP) is 2.49. The highest BCUT2D eigenvalue weighted by Gasteiger charge is 2.24. The third-order valence-corrected chi connectivity index (χ3v) is 4.45. The highest BCUT2D eigenvalue weighted by molar-refractivity contribution is 5.99. The number of hydrogen-bond donors (Lipinski definition) is 1. The Balaban J connectivity index is 1.81. The van der Waals surface area contributed by atoms with Gasteiger partial charge in [-0.1, -0.05) is 0 Å². The van der Waals surface area contributed by atoms with E-state index in [1.54, 1.807) is 16.6 Å². The molecule has 0 radical (unpaired) electrons. The van der Waals surface area contributed by atoms with Crippen LogP contribution in [0.1, 0.15) is 47.4 Å². The third kappa shape index (κ3) is 3.40. The maximum Gasteiger partial charge on any atom is 0.254 e. The molecule has 0 bridgehead atoms. The van der Waals surface area contributed by atoms with Gasteiger partial charge in [-0.25, -0.2) is 4.39 Å². The third-order valence-electron chi connectivity index (χ3n) is 4.45. The van der Waals surface area contributed by atoms with E-state index >= 15 is 0 Å². The summed E-state index contributed by atoms with van der Waals surface area (Å²) in [6, 6.07) is 3.90. The zero-order chi connectivity index (χ0) is 18.1. The Morgan fingerprint density at radius 3 is 2.76 bits per heavy atom. The number of nitrogens with zero attached hydrogens (tertiary/aromatic N) is 3. The summed E-state index contributed by atoms with van der Waals surface area (Å²) in [6.07, 6.45) is 3.08. The van der Waals surface area contributed by atoms with Gasteiger partial charge in [0.25, 0.3) is 5.91 Å². The van der Waals surface area contributed by atoms with E-state index in [2.05, 4.69) is 10.4 Å². The Morgan fingerprint density at radius 2 is 2.16 bits per heavy atom. The van der Waals surface area contributed by atoms with E-state index in [1.165, 1.54) is 18.2 Å². The van der Waals surface area contributed by atoms with E-state index in [0.29, 0.717) is 18.7 Å². The van der Waals surface area contributed by atoms with Gasteiger partial charge in [-0.15, -0.1) is 0 Å². The second-order valence-corrected chi connectivity index (χ2v) is 6.35. The van der Waals surface area contributed by atoms with Crippen molar-refractivity contribution in [3.05, 3.63) is 47.0 Å². The van der Waals surface area contributed by atoms with Crippen LogP contribution in [-0.2, 0) is 11.8 Å². The molecule has 1 aliphatic rings. The van der Waals surface area contributed by atoms with Crippen LogP contribution in [0.15, 0.2) is 24.4 Å². The van der Waals surface area contributed by atoms with Gasteiger partial charge in [0.15, 0.2) is 0 Å². The highest BCUT2D eigenvalue weighted by Crippen LogP contribution is 2.24. The molecule has 2 amide bonds. The number of aromatic nitrogens is 2. The van der Waals surface area contributed by atoms with Crippen LogP contribution in [0.3, 0.4) is 0 Å². The molecule has 1 saturated heterocycles. The molecule has 1 fully saturated rings. The van der Waals surface area contributed by atoms with Gasteiger partial charge in [0.1, 0.15) is 5.82 Å². The van der Waals surface area contributed by atoms with E-state index in [4.69, 9.17) is 0 Å². The molecule has 1 N–H and O–H groups in total. The topological polar surface area (TPSA) is 67.2 Å². The lowest BCUT2D eigenvalue weighted by molar-refractivity contribution is -0.117. The molecule has 0 saturated carbocycles. The van der Waals surface area contributed by atoms with Crippen molar-refractivity contribution in [1.82, 2.24) is 15.1 Å². The summed E-state index contributed by atoms with van der Waals surface area (Å²) in [5.74, 6) is -1.12. The Labute approximate surface area is 145 Å². The van der Waals surface area contributed by atoms with E-state index < -0.39 is 11.7 Å². The SMILES string of the molecule is Cc1nn(C)cc1[C@@H](C)NC(=O)c1cc(N2CCCC2=O)ccc1F. The fourth-order valence-corrected chi connectivity index (χ4v) is 3.17. The van der Waals surface area contributed by atoms with Crippen molar-refractivity contribution in [2.45, 2.75) is 32.7 Å². The van der Waals surface area contributed by atoms with Crippen LogP contribution < -0.4 is 10.2 Å². The van der Waals surface area contributed by atoms with Crippen molar-refractivity contribution in [3.8, 4) is 0 Å². The van der Waals surface area contributed by atoms with Crippen molar-refractivity contribution in [1.29, 1.82) is 0 Å². The second kappa shape index (κ2) is 6.66. The molecule has 2 aromatic rings. The monoisotopic (exact) mass is 344 g/mol. The van der Waals surface area contributed by atoms with Crippen molar-refractivity contribution in [2.24, 2.45) is 7.05 Å². The molecular weight excluding hydrogens is 323 g/mol. The van der Waals surface area contributed by atoms with Gasteiger partial charge >= 0.3 is 0 Å². The van der Waals surface area contributed by atoms with Gasteiger partial charge in [-0.05, 0) is 38.5 Å². The molecular formula is C18H21FN4O2. The zero-order valence-electron chi connectivity index (χ0n) is 14.5. The molecule has 0 unspecified atom stereocenters. The number of aryl methyl sites for hydroxylation is 2. The normalized spacial score (nSPS) is 15.5. The Kier molecular flexibility index (Phi) is 4.57. The first-order valence-electron chi connectivity index (χ1n) is 8.27. The summed E-state index contributed by atoms with van der Waals surface area (Å²) in [7, 11) is 1.81. The van der Waals surface area contributed by atoms with Gasteiger partial charge in [-0.2, -0.15) is 5.10 Å². The van der Waals surface area contributed by atoms with Crippen molar-refractivity contribution >= 4 is 17.5 Å². The van der Waals surface area contributed by atoms with Crippen LogP contribution in [0.5, 0.6) is 0 Å². The van der Waals surface area contributed by atoms with Crippen LogP contribution in [-0.4, -0.2) is 28.1 Å². The lowest BCUT2D eigenvalue weighted by atomic mass is 10.1. The number of carbonyl (C=O) groups is 2. The van der Waals surface area contributed by atoms with Crippen molar-refractivity contribution in [3.63, 3.8) is 0 Å². The number of nitrogens with one attached hydrogen (secondary N) is 1. The molecule has 1 aromatic carbocycles. The fraction of sp³-hybridized carbons (Fsp3) is 0.389. The highest BCUT2D eigenvalue weighted by atomic mass is 19.1. The molecule has 132 valence electrons. The minimum Gasteiger partial charge on any atom is -0.345 e. The molecule has 3 rings (SSSR count). The van der Waals surface area contributed by atoms with Crippen LogP contribution >= 0.6 is 0 Å². The number of amides is 2. The number of carbonyl (C=O) groups excluding carboxylic acids is 2. The van der Waals surface area contributed by atoms with E-state index in [1.807, 2.05) is 20.0 Å². The summed E-state index contributed by atoms with van der Waals surface area (Å²) < 4.78 is 15.8. The van der Waals surface area contributed by atoms with E-state index in [9.17, 15) is 14.0 Å². The molecule has 0 spiro atoms. The average molecular weight is 344 g/mol. The molecule has 25 heavy (non-hydrogen) atoms. The lowest BCUT2D eigenvalue weighted by Crippen LogP contribution is -2.29. The van der Waals surface area contributed by atoms with E-state index in [0.717, 1.165) is 17.7 Å². The Bertz CT molecular complexity index is 830. The fourth-order valence-electron chi connectivity index (χ4n) is 3.17. The number of anilines is 1. The number of hydrogen-bond acceptors (Lipinski definition) is 3. The first-order valence-corrected chi connectivity index (χ1v) is 8.27. The summed E-state index contributed by atoms with van der Waals surface area (Å²) in [6.45, 7) is 4.28. The van der Waals surface area contributed by atoms with Gasteiger partial charge in [0, 0.05) is 37.5 Å². The lowest BCUT2D eigenvalue weighted by Gasteiger charge is -2.18. The van der Waals surface area contributed by atoms with Crippen LogP contribution in [0.25, 0.3) is 0 Å². The quantitative estimate of drug-likeness (QED) is 0.927. The number of rotatable bonds is 4. The van der Waals surface area contributed by atoms with E-state index in [-0.39, 0.29) is 17.5 Å². The van der Waals surface area contributed by atoms with Gasteiger partial charge in [0.2, 0.25) is 5.91 Å². The molecule has 0 aliphatic carbocycles. The standard InChI is InChI=1S/C18H21FN4O2/c1-11(15-10-22(3)21-12(15)2)20-18(25)14-9-13(6-7-16(14)19)23-8-4-5-17(23)24/h6-7,9-11H,4-5,8H2,1-3H3,(H,20,25)/t11-/m1/s1. The largest absolute Gasteiger partial charge is 0.345 e. The van der Waals surface area contributed by atoms with Crippen LogP contribution in [0.2, 0.25) is 0 Å². The summed E-state index contributed by atoms with van der Waals surface area (Å²) >= 11 is 0. The molecule has 1 aliphatic heterocycles. The maximum atomic E-state index is 14.2. The van der Waals surface area contributed by atoms with Crippen molar-refractivity contribution < 1.29 is 14.0 Å². The van der Waals surface area contributed by atoms with Gasteiger partial charge in [-0.3, -0.25) is 14.3 Å². The Morgan fingerprint density at radius 1 is 1.40 bits per heavy atom. The second-order valence-electron chi connectivity index (χ2n) is 6.35. The summed E-state index contributed by atoms with van der Waals surface area (Å²) in [5.41, 5.74) is 2.18. The molecule has 6 nitrogen and oxygen atoms in total. The number of benzene rings is 1. The minimum atomic E-state index is -0.608. The van der Waals surface area contributed by atoms with Gasteiger partial charge < -0.3 is 10.2 Å². The van der Waals surface area contributed by atoms with Crippen LogP contribution in [0.4, 0.5) is 10.1 Å². The van der Waals surface area contributed by atoms with Crippen molar-refractivity contribution in [2.75, 3.05) is 11.4 Å². The molecule has 1 atom stereocenters. The molecule has 2 heterocycles. The summed E-state index contributed by atoms with van der Waals surface area (Å²) in [5, 5.41) is 7.05. The zero-order valence-corrected chi connectivity index (χ0v) is 14.5. The maximum absolute atomic E-state index is 14.2. The number of halogens is 1. The smallest absolute Gasteiger partial charge is 0.254 e.